The third kappa shape index (κ3) is 4.27. The number of fused-ring (bicyclic) bond motifs is 1. The maximum absolute atomic E-state index is 12.2. The highest BCUT2D eigenvalue weighted by Gasteiger charge is 2.28. The maximum Gasteiger partial charge on any atom is 0.248 e. The molecule has 0 aromatic carbocycles. The molecule has 0 radical (unpaired) electrons. The minimum Gasteiger partial charge on any atom is -0.381 e. The fourth-order valence-corrected chi connectivity index (χ4v) is 4.37. The molecule has 1 aromatic heterocycles. The predicted molar refractivity (Wildman–Crippen MR) is 96.7 cm³/mol. The van der Waals surface area contributed by atoms with Gasteiger partial charge in [-0.25, -0.2) is 4.98 Å². The van der Waals surface area contributed by atoms with Gasteiger partial charge in [-0.1, -0.05) is 0 Å². The van der Waals surface area contributed by atoms with Crippen molar-refractivity contribution in [1.29, 1.82) is 0 Å². The SMILES string of the molecule is O=C(COC[C@H]1CN(CC2CCOCC2)Cc2cncn21)N1CCCC1. The van der Waals surface area contributed by atoms with Crippen molar-refractivity contribution in [3.63, 3.8) is 0 Å². The number of rotatable bonds is 6. The van der Waals surface area contributed by atoms with Gasteiger partial charge in [0.25, 0.3) is 0 Å². The Kier molecular flexibility index (Phi) is 5.87. The van der Waals surface area contributed by atoms with Crippen molar-refractivity contribution in [2.24, 2.45) is 5.92 Å². The minimum atomic E-state index is 0.128. The van der Waals surface area contributed by atoms with Gasteiger partial charge >= 0.3 is 0 Å². The molecule has 0 N–H and O–H groups in total. The summed E-state index contributed by atoms with van der Waals surface area (Å²) >= 11 is 0. The molecular weight excluding hydrogens is 332 g/mol. The fourth-order valence-electron chi connectivity index (χ4n) is 4.37. The second kappa shape index (κ2) is 8.50. The summed E-state index contributed by atoms with van der Waals surface area (Å²) in [4.78, 5) is 20.9. The van der Waals surface area contributed by atoms with Gasteiger partial charge in [-0.15, -0.1) is 0 Å². The summed E-state index contributed by atoms with van der Waals surface area (Å²) in [6, 6.07) is 0.229. The minimum absolute atomic E-state index is 0.128. The monoisotopic (exact) mass is 362 g/mol. The third-order valence-corrected chi connectivity index (χ3v) is 5.85. The summed E-state index contributed by atoms with van der Waals surface area (Å²) in [6.45, 7) is 7.32. The number of carbonyl (C=O) groups excluding carboxylic acids is 1. The Morgan fingerprint density at radius 1 is 1.27 bits per heavy atom. The van der Waals surface area contributed by atoms with Crippen LogP contribution in [0.25, 0.3) is 0 Å². The van der Waals surface area contributed by atoms with Crippen LogP contribution in [0.2, 0.25) is 0 Å². The van der Waals surface area contributed by atoms with Crippen molar-refractivity contribution in [2.75, 3.05) is 52.6 Å². The van der Waals surface area contributed by atoms with Crippen molar-refractivity contribution in [3.8, 4) is 0 Å². The van der Waals surface area contributed by atoms with E-state index in [1.165, 1.54) is 5.69 Å². The van der Waals surface area contributed by atoms with E-state index in [1.54, 1.807) is 0 Å². The van der Waals surface area contributed by atoms with Gasteiger partial charge in [-0.05, 0) is 31.6 Å². The van der Waals surface area contributed by atoms with E-state index in [1.807, 2.05) is 17.4 Å². The average molecular weight is 362 g/mol. The number of aromatic nitrogens is 2. The second-order valence-corrected chi connectivity index (χ2v) is 7.80. The number of hydrogen-bond donors (Lipinski definition) is 0. The van der Waals surface area contributed by atoms with Gasteiger partial charge in [0, 0.05) is 52.1 Å². The van der Waals surface area contributed by atoms with Crippen molar-refractivity contribution in [1.82, 2.24) is 19.4 Å². The average Bonchev–Trinajstić information content (AvgIpc) is 3.34. The normalized spacial score (nSPS) is 24.8. The van der Waals surface area contributed by atoms with E-state index in [0.29, 0.717) is 6.61 Å². The van der Waals surface area contributed by atoms with Crippen molar-refractivity contribution in [2.45, 2.75) is 38.3 Å². The van der Waals surface area contributed by atoms with Crippen LogP contribution in [0.4, 0.5) is 0 Å². The number of nitrogens with zero attached hydrogens (tertiary/aromatic N) is 4. The van der Waals surface area contributed by atoms with Gasteiger partial charge < -0.3 is 18.9 Å². The van der Waals surface area contributed by atoms with Gasteiger partial charge in [-0.3, -0.25) is 9.69 Å². The quantitative estimate of drug-likeness (QED) is 0.764. The standard InChI is InChI=1S/C19H30N4O3/c24-19(22-5-1-2-6-22)14-26-13-18-12-21(10-16-3-7-25-8-4-16)11-17-9-20-15-23(17)18/h9,15-16,18H,1-8,10-14H2/t18-/m1/s1. The number of ether oxygens (including phenoxy) is 2. The summed E-state index contributed by atoms with van der Waals surface area (Å²) in [6.07, 6.45) is 8.40. The number of imidazole rings is 1. The van der Waals surface area contributed by atoms with Crippen LogP contribution in [-0.4, -0.2) is 77.9 Å². The van der Waals surface area contributed by atoms with E-state index < -0.39 is 0 Å². The van der Waals surface area contributed by atoms with Crippen LogP contribution in [-0.2, 0) is 20.8 Å². The molecule has 2 fully saturated rings. The summed E-state index contributed by atoms with van der Waals surface area (Å²) in [5, 5.41) is 0. The van der Waals surface area contributed by atoms with E-state index >= 15 is 0 Å². The molecule has 7 nitrogen and oxygen atoms in total. The Balaban J connectivity index is 1.30. The molecule has 0 unspecified atom stereocenters. The first-order chi connectivity index (χ1) is 12.8. The van der Waals surface area contributed by atoms with Crippen LogP contribution in [0.3, 0.4) is 0 Å². The second-order valence-electron chi connectivity index (χ2n) is 7.80. The first kappa shape index (κ1) is 17.9. The van der Waals surface area contributed by atoms with Crippen molar-refractivity contribution < 1.29 is 14.3 Å². The van der Waals surface area contributed by atoms with E-state index in [-0.39, 0.29) is 18.6 Å². The first-order valence-electron chi connectivity index (χ1n) is 9.96. The molecule has 0 bridgehead atoms. The fraction of sp³-hybridized carbons (Fsp3) is 0.789. The molecule has 26 heavy (non-hydrogen) atoms. The maximum atomic E-state index is 12.2. The molecule has 0 spiro atoms. The first-order valence-corrected chi connectivity index (χ1v) is 9.96. The molecule has 144 valence electrons. The van der Waals surface area contributed by atoms with Gasteiger partial charge in [0.2, 0.25) is 5.91 Å². The summed E-state index contributed by atoms with van der Waals surface area (Å²) in [7, 11) is 0. The topological polar surface area (TPSA) is 59.8 Å². The van der Waals surface area contributed by atoms with Crippen molar-refractivity contribution in [3.05, 3.63) is 18.2 Å². The lowest BCUT2D eigenvalue weighted by Crippen LogP contribution is -2.42. The molecule has 1 atom stereocenters. The van der Waals surface area contributed by atoms with Crippen molar-refractivity contribution >= 4 is 5.91 Å². The Morgan fingerprint density at radius 2 is 2.08 bits per heavy atom. The predicted octanol–water partition coefficient (Wildman–Crippen LogP) is 1.31. The zero-order valence-electron chi connectivity index (χ0n) is 15.5. The molecule has 3 aliphatic heterocycles. The molecule has 0 saturated carbocycles. The van der Waals surface area contributed by atoms with Gasteiger partial charge in [0.05, 0.1) is 24.7 Å². The van der Waals surface area contributed by atoms with E-state index in [0.717, 1.165) is 77.5 Å². The lowest BCUT2D eigenvalue weighted by atomic mass is 9.99. The lowest BCUT2D eigenvalue weighted by molar-refractivity contribution is -0.135. The summed E-state index contributed by atoms with van der Waals surface area (Å²) in [5.41, 5.74) is 1.24. The highest BCUT2D eigenvalue weighted by molar-refractivity contribution is 5.77. The van der Waals surface area contributed by atoms with Crippen LogP contribution in [0.15, 0.2) is 12.5 Å². The van der Waals surface area contributed by atoms with Crippen LogP contribution < -0.4 is 0 Å². The Hall–Kier alpha value is -1.44. The number of hydrogen-bond acceptors (Lipinski definition) is 5. The summed E-state index contributed by atoms with van der Waals surface area (Å²) in [5.74, 6) is 0.847. The Bertz CT molecular complexity index is 593. The van der Waals surface area contributed by atoms with Gasteiger partial charge in [0.15, 0.2) is 0 Å². The molecule has 1 amide bonds. The van der Waals surface area contributed by atoms with Crippen LogP contribution >= 0.6 is 0 Å². The third-order valence-electron chi connectivity index (χ3n) is 5.85. The molecule has 3 aliphatic rings. The molecule has 4 rings (SSSR count). The van der Waals surface area contributed by atoms with Gasteiger partial charge in [0.1, 0.15) is 6.61 Å². The molecule has 4 heterocycles. The van der Waals surface area contributed by atoms with Crippen LogP contribution in [0.1, 0.15) is 37.4 Å². The van der Waals surface area contributed by atoms with Crippen LogP contribution in [0, 0.1) is 5.92 Å². The molecule has 2 saturated heterocycles. The number of carbonyl (C=O) groups is 1. The van der Waals surface area contributed by atoms with E-state index in [9.17, 15) is 4.79 Å². The summed E-state index contributed by atoms with van der Waals surface area (Å²) < 4.78 is 13.5. The van der Waals surface area contributed by atoms with E-state index in [4.69, 9.17) is 9.47 Å². The molecule has 1 aromatic rings. The highest BCUT2D eigenvalue weighted by atomic mass is 16.5. The van der Waals surface area contributed by atoms with Gasteiger partial charge in [-0.2, -0.15) is 0 Å². The zero-order valence-corrected chi connectivity index (χ0v) is 15.5. The Morgan fingerprint density at radius 3 is 2.88 bits per heavy atom. The molecule has 7 heteroatoms. The largest absolute Gasteiger partial charge is 0.381 e. The highest BCUT2D eigenvalue weighted by Crippen LogP contribution is 2.24. The lowest BCUT2D eigenvalue weighted by Gasteiger charge is -2.37. The molecular formula is C19H30N4O3. The molecule has 0 aliphatic carbocycles. The smallest absolute Gasteiger partial charge is 0.248 e. The Labute approximate surface area is 155 Å². The van der Waals surface area contributed by atoms with Crippen LogP contribution in [0.5, 0.6) is 0 Å². The number of amides is 1. The zero-order chi connectivity index (χ0) is 17.8. The van der Waals surface area contributed by atoms with E-state index in [2.05, 4.69) is 14.5 Å². The number of likely N-dealkylation sites (tertiary alicyclic amines) is 1.